The average Bonchev–Trinajstić information content (AvgIpc) is 2.54. The Hall–Kier alpha value is -0.400. The molecule has 0 aromatic rings. The third kappa shape index (κ3) is 3.66. The highest BCUT2D eigenvalue weighted by Gasteiger charge is 2.49. The van der Waals surface area contributed by atoms with Crippen LogP contribution < -0.4 is 0 Å². The third-order valence-corrected chi connectivity index (χ3v) is 4.24. The topological polar surface area (TPSA) is 169 Å². The lowest BCUT2D eigenvalue weighted by atomic mass is 9.95. The molecule has 0 bridgehead atoms. The monoisotopic (exact) mass is 340 g/mol. The van der Waals surface area contributed by atoms with Crippen molar-refractivity contribution in [1.29, 1.82) is 0 Å². The SMILES string of the molecule is C[C@@H]1OC(CO)[C@H](O)[C@H](O)C1O[C@@H]1OC(CO)[C@H](O)[C@H](O)C1O. The summed E-state index contributed by atoms with van der Waals surface area (Å²) in [6.07, 6.45) is -13.0. The molecule has 2 fully saturated rings. The van der Waals surface area contributed by atoms with E-state index in [1.165, 1.54) is 6.92 Å². The van der Waals surface area contributed by atoms with E-state index < -0.39 is 74.4 Å². The molecule has 0 radical (unpaired) electrons. The Bertz CT molecular complexity index is 380. The van der Waals surface area contributed by atoms with Gasteiger partial charge in [-0.05, 0) is 6.92 Å². The van der Waals surface area contributed by atoms with Gasteiger partial charge in [-0.2, -0.15) is 0 Å². The van der Waals surface area contributed by atoms with Gasteiger partial charge in [-0.3, -0.25) is 0 Å². The van der Waals surface area contributed by atoms with Crippen LogP contribution in [0.4, 0.5) is 0 Å². The summed E-state index contributed by atoms with van der Waals surface area (Å²) >= 11 is 0. The second-order valence-electron chi connectivity index (χ2n) is 5.84. The molecule has 10 heteroatoms. The lowest BCUT2D eigenvalue weighted by molar-refractivity contribution is -0.340. The quantitative estimate of drug-likeness (QED) is 0.265. The summed E-state index contributed by atoms with van der Waals surface area (Å²) in [6.45, 7) is 0.432. The molecular weight excluding hydrogens is 316 g/mol. The van der Waals surface area contributed by atoms with Crippen molar-refractivity contribution in [2.45, 2.75) is 68.1 Å². The molecule has 2 aliphatic rings. The molecule has 2 rings (SSSR count). The number of ether oxygens (including phenoxy) is 3. The van der Waals surface area contributed by atoms with E-state index in [1.54, 1.807) is 0 Å². The standard InChI is InChI=1S/C13H24O10/c1-4-12(10(19)8(17)5(2-14)21-4)23-13-11(20)9(18)7(16)6(3-15)22-13/h4-20H,2-3H2,1H3/t4-,5?,6?,7-,8-,9-,10-,11?,12?,13-/m0/s1. The Morgan fingerprint density at radius 3 is 1.83 bits per heavy atom. The molecule has 4 unspecified atom stereocenters. The van der Waals surface area contributed by atoms with Gasteiger partial charge in [-0.1, -0.05) is 0 Å². The highest BCUT2D eigenvalue weighted by atomic mass is 16.7. The highest BCUT2D eigenvalue weighted by molar-refractivity contribution is 4.94. The van der Waals surface area contributed by atoms with Crippen LogP contribution in [0.5, 0.6) is 0 Å². The fourth-order valence-electron chi connectivity index (χ4n) is 2.80. The minimum Gasteiger partial charge on any atom is -0.394 e. The number of hydrogen-bond acceptors (Lipinski definition) is 10. The van der Waals surface area contributed by atoms with Crippen molar-refractivity contribution in [3.63, 3.8) is 0 Å². The van der Waals surface area contributed by atoms with Gasteiger partial charge in [-0.15, -0.1) is 0 Å². The van der Waals surface area contributed by atoms with Crippen molar-refractivity contribution in [3.8, 4) is 0 Å². The van der Waals surface area contributed by atoms with Crippen LogP contribution in [0.2, 0.25) is 0 Å². The summed E-state index contributed by atoms with van der Waals surface area (Å²) in [5.41, 5.74) is 0. The van der Waals surface area contributed by atoms with Gasteiger partial charge in [0.15, 0.2) is 6.29 Å². The second kappa shape index (κ2) is 7.66. The minimum absolute atomic E-state index is 0.491. The van der Waals surface area contributed by atoms with Crippen molar-refractivity contribution in [2.75, 3.05) is 13.2 Å². The third-order valence-electron chi connectivity index (χ3n) is 4.24. The normalized spacial score (nSPS) is 51.7. The largest absolute Gasteiger partial charge is 0.394 e. The molecule has 0 aromatic carbocycles. The van der Waals surface area contributed by atoms with E-state index in [4.69, 9.17) is 24.4 Å². The van der Waals surface area contributed by atoms with Crippen LogP contribution in [-0.2, 0) is 14.2 Å². The number of rotatable bonds is 4. The Kier molecular flexibility index (Phi) is 6.30. The molecular formula is C13H24O10. The van der Waals surface area contributed by atoms with Gasteiger partial charge < -0.3 is 50.0 Å². The molecule has 7 N–H and O–H groups in total. The van der Waals surface area contributed by atoms with Gasteiger partial charge in [0.2, 0.25) is 0 Å². The summed E-state index contributed by atoms with van der Waals surface area (Å²) < 4.78 is 15.9. The molecule has 23 heavy (non-hydrogen) atoms. The summed E-state index contributed by atoms with van der Waals surface area (Å²) in [7, 11) is 0. The highest BCUT2D eigenvalue weighted by Crippen LogP contribution is 2.28. The lowest BCUT2D eigenvalue weighted by Gasteiger charge is -2.45. The molecule has 136 valence electrons. The van der Waals surface area contributed by atoms with Gasteiger partial charge in [0, 0.05) is 0 Å². The fourth-order valence-corrected chi connectivity index (χ4v) is 2.80. The van der Waals surface area contributed by atoms with Crippen LogP contribution in [0, 0.1) is 0 Å². The predicted octanol–water partition coefficient (Wildman–Crippen LogP) is -4.33. The van der Waals surface area contributed by atoms with E-state index in [0.717, 1.165) is 0 Å². The van der Waals surface area contributed by atoms with Crippen LogP contribution in [0.3, 0.4) is 0 Å². The molecule has 2 aliphatic heterocycles. The van der Waals surface area contributed by atoms with Gasteiger partial charge in [0.1, 0.15) is 48.8 Å². The summed E-state index contributed by atoms with van der Waals surface area (Å²) in [5.74, 6) is 0. The molecule has 2 heterocycles. The number of aliphatic hydroxyl groups excluding tert-OH is 7. The molecule has 0 saturated carbocycles. The fraction of sp³-hybridized carbons (Fsp3) is 1.00. The average molecular weight is 340 g/mol. The number of aliphatic hydroxyl groups is 7. The first-order valence-electron chi connectivity index (χ1n) is 7.40. The number of hydrogen-bond donors (Lipinski definition) is 7. The maximum absolute atomic E-state index is 10.1. The van der Waals surface area contributed by atoms with E-state index in [1.807, 2.05) is 0 Å². The molecule has 0 aromatic heterocycles. The van der Waals surface area contributed by atoms with Gasteiger partial charge in [0.05, 0.1) is 19.3 Å². The first-order chi connectivity index (χ1) is 10.8. The molecule has 2 saturated heterocycles. The van der Waals surface area contributed by atoms with E-state index in [-0.39, 0.29) is 0 Å². The van der Waals surface area contributed by atoms with Crippen LogP contribution in [0.15, 0.2) is 0 Å². The van der Waals surface area contributed by atoms with E-state index in [2.05, 4.69) is 0 Å². The van der Waals surface area contributed by atoms with Crippen molar-refractivity contribution in [3.05, 3.63) is 0 Å². The van der Waals surface area contributed by atoms with Gasteiger partial charge in [0.25, 0.3) is 0 Å². The molecule has 10 nitrogen and oxygen atoms in total. The van der Waals surface area contributed by atoms with E-state index >= 15 is 0 Å². The van der Waals surface area contributed by atoms with Crippen molar-refractivity contribution in [1.82, 2.24) is 0 Å². The lowest BCUT2D eigenvalue weighted by Crippen LogP contribution is -2.63. The van der Waals surface area contributed by atoms with Gasteiger partial charge >= 0.3 is 0 Å². The first kappa shape index (κ1) is 18.9. The zero-order valence-electron chi connectivity index (χ0n) is 12.5. The van der Waals surface area contributed by atoms with Crippen LogP contribution in [0.25, 0.3) is 0 Å². The first-order valence-corrected chi connectivity index (χ1v) is 7.40. The minimum atomic E-state index is -1.63. The predicted molar refractivity (Wildman–Crippen MR) is 72.1 cm³/mol. The maximum Gasteiger partial charge on any atom is 0.187 e. The van der Waals surface area contributed by atoms with Crippen molar-refractivity contribution >= 4 is 0 Å². The Labute approximate surface area is 132 Å². The second-order valence-corrected chi connectivity index (χ2v) is 5.84. The van der Waals surface area contributed by atoms with Gasteiger partial charge in [-0.25, -0.2) is 0 Å². The molecule has 0 amide bonds. The van der Waals surface area contributed by atoms with Crippen LogP contribution in [0.1, 0.15) is 6.92 Å². The van der Waals surface area contributed by atoms with Crippen LogP contribution in [-0.4, -0.2) is 110 Å². The molecule has 0 spiro atoms. The summed E-state index contributed by atoms with van der Waals surface area (Å²) in [5, 5.41) is 67.5. The van der Waals surface area contributed by atoms with Crippen LogP contribution >= 0.6 is 0 Å². The summed E-state index contributed by atoms with van der Waals surface area (Å²) in [6, 6.07) is 0. The zero-order chi connectivity index (χ0) is 17.3. The van der Waals surface area contributed by atoms with E-state index in [0.29, 0.717) is 0 Å². The Morgan fingerprint density at radius 2 is 1.26 bits per heavy atom. The van der Waals surface area contributed by atoms with Crippen molar-refractivity contribution < 1.29 is 50.0 Å². The molecule has 0 aliphatic carbocycles. The zero-order valence-corrected chi connectivity index (χ0v) is 12.5. The summed E-state index contributed by atoms with van der Waals surface area (Å²) in [4.78, 5) is 0. The smallest absolute Gasteiger partial charge is 0.187 e. The van der Waals surface area contributed by atoms with Crippen molar-refractivity contribution in [2.24, 2.45) is 0 Å². The Morgan fingerprint density at radius 1 is 0.739 bits per heavy atom. The maximum atomic E-state index is 10.1. The Balaban J connectivity index is 2.08. The van der Waals surface area contributed by atoms with E-state index in [9.17, 15) is 25.5 Å². The molecule has 10 atom stereocenters.